The lowest BCUT2D eigenvalue weighted by Gasteiger charge is -2.10. The van der Waals surface area contributed by atoms with Gasteiger partial charge in [-0.2, -0.15) is 0 Å². The number of carbonyl (C=O) groups is 1. The maximum atomic E-state index is 11.5. The number of methoxy groups -OCH3 is 1. The Balaban J connectivity index is 2.02. The van der Waals surface area contributed by atoms with Gasteiger partial charge in [0.1, 0.15) is 5.00 Å². The van der Waals surface area contributed by atoms with E-state index in [-0.39, 0.29) is 5.82 Å². The molecule has 1 amide bonds. The van der Waals surface area contributed by atoms with Gasteiger partial charge < -0.3 is 10.5 Å². The fraction of sp³-hybridized carbons (Fsp3) is 0.176. The standard InChI is InChI=1S/C17H14ClN5O2S/c1-8-7-10-12(9-5-3-4-6-11(9)18)20-16(25-2)15-21-14(13(19)24)22-23(15)17(10)26-8/h3-7,16H,1-2H3,(H2,19,24). The largest absolute Gasteiger partial charge is 0.363 e. The van der Waals surface area contributed by atoms with E-state index in [9.17, 15) is 4.79 Å². The predicted molar refractivity (Wildman–Crippen MR) is 99.3 cm³/mol. The number of carbonyl (C=O) groups excluding carboxylic acids is 1. The molecule has 9 heteroatoms. The number of aromatic nitrogens is 3. The second kappa shape index (κ2) is 6.31. The molecule has 3 aromatic rings. The lowest BCUT2D eigenvalue weighted by molar-refractivity contribution is 0.0985. The van der Waals surface area contributed by atoms with Crippen LogP contribution in [-0.2, 0) is 4.74 Å². The number of hydrogen-bond acceptors (Lipinski definition) is 6. The van der Waals surface area contributed by atoms with E-state index in [0.29, 0.717) is 16.6 Å². The fourth-order valence-corrected chi connectivity index (χ4v) is 4.03. The van der Waals surface area contributed by atoms with Crippen molar-refractivity contribution in [3.63, 3.8) is 0 Å². The number of hydrogen-bond donors (Lipinski definition) is 1. The van der Waals surface area contributed by atoms with E-state index in [2.05, 4.69) is 10.1 Å². The number of benzene rings is 1. The molecule has 1 aromatic carbocycles. The van der Waals surface area contributed by atoms with E-state index < -0.39 is 12.1 Å². The van der Waals surface area contributed by atoms with E-state index in [4.69, 9.17) is 27.1 Å². The van der Waals surface area contributed by atoms with E-state index in [1.54, 1.807) is 4.68 Å². The third kappa shape index (κ3) is 2.63. The van der Waals surface area contributed by atoms with Gasteiger partial charge in [-0.05, 0) is 19.1 Å². The third-order valence-electron chi connectivity index (χ3n) is 3.96. The van der Waals surface area contributed by atoms with Crippen molar-refractivity contribution in [1.29, 1.82) is 0 Å². The Morgan fingerprint density at radius 3 is 2.81 bits per heavy atom. The van der Waals surface area contributed by atoms with Gasteiger partial charge in [-0.1, -0.05) is 29.8 Å². The molecule has 1 unspecified atom stereocenters. The van der Waals surface area contributed by atoms with E-state index in [0.717, 1.165) is 21.0 Å². The molecule has 2 aromatic heterocycles. The first-order valence-electron chi connectivity index (χ1n) is 7.73. The maximum absolute atomic E-state index is 11.5. The number of amides is 1. The summed E-state index contributed by atoms with van der Waals surface area (Å²) in [5.41, 5.74) is 7.67. The van der Waals surface area contributed by atoms with Gasteiger partial charge in [-0.3, -0.25) is 4.79 Å². The molecule has 3 heterocycles. The highest BCUT2D eigenvalue weighted by atomic mass is 35.5. The zero-order valence-corrected chi connectivity index (χ0v) is 15.5. The first kappa shape index (κ1) is 16.9. The number of nitrogens with two attached hydrogens (primary N) is 1. The first-order chi connectivity index (χ1) is 12.5. The summed E-state index contributed by atoms with van der Waals surface area (Å²) in [7, 11) is 1.52. The fourth-order valence-electron chi connectivity index (χ4n) is 2.84. The van der Waals surface area contributed by atoms with Crippen LogP contribution in [0.2, 0.25) is 5.02 Å². The zero-order chi connectivity index (χ0) is 18.4. The van der Waals surface area contributed by atoms with Crippen LogP contribution in [0, 0.1) is 6.92 Å². The third-order valence-corrected chi connectivity index (χ3v) is 5.31. The lowest BCUT2D eigenvalue weighted by Crippen LogP contribution is -2.14. The molecule has 1 aliphatic rings. The van der Waals surface area contributed by atoms with Crippen molar-refractivity contribution >= 4 is 34.6 Å². The van der Waals surface area contributed by atoms with Gasteiger partial charge in [-0.25, -0.2) is 14.7 Å². The topological polar surface area (TPSA) is 95.4 Å². The summed E-state index contributed by atoms with van der Waals surface area (Å²) < 4.78 is 7.09. The highest BCUT2D eigenvalue weighted by Crippen LogP contribution is 2.36. The number of halogens is 1. The van der Waals surface area contributed by atoms with Crippen molar-refractivity contribution in [3.05, 3.63) is 63.0 Å². The molecule has 2 N–H and O–H groups in total. The number of ether oxygens (including phenoxy) is 1. The van der Waals surface area contributed by atoms with Crippen LogP contribution in [0.5, 0.6) is 0 Å². The Kier molecular flexibility index (Phi) is 4.10. The Morgan fingerprint density at radius 1 is 1.35 bits per heavy atom. The molecule has 7 nitrogen and oxygen atoms in total. The Labute approximate surface area is 158 Å². The highest BCUT2D eigenvalue weighted by Gasteiger charge is 2.31. The first-order valence-corrected chi connectivity index (χ1v) is 8.92. The van der Waals surface area contributed by atoms with Gasteiger partial charge in [0.25, 0.3) is 5.91 Å². The second-order valence-corrected chi connectivity index (χ2v) is 7.33. The molecule has 0 saturated carbocycles. The summed E-state index contributed by atoms with van der Waals surface area (Å²) in [6.45, 7) is 1.99. The lowest BCUT2D eigenvalue weighted by atomic mass is 10.0. The summed E-state index contributed by atoms with van der Waals surface area (Å²) in [4.78, 5) is 21.6. The molecule has 0 aliphatic carbocycles. The van der Waals surface area contributed by atoms with Crippen LogP contribution >= 0.6 is 22.9 Å². The summed E-state index contributed by atoms with van der Waals surface area (Å²) in [5.74, 6) is -0.382. The van der Waals surface area contributed by atoms with Crippen molar-refractivity contribution in [2.24, 2.45) is 10.7 Å². The summed E-state index contributed by atoms with van der Waals surface area (Å²) in [6, 6.07) is 9.49. The number of thiophene rings is 1. The number of primary amides is 1. The average molecular weight is 388 g/mol. The Bertz CT molecular complexity index is 1060. The monoisotopic (exact) mass is 387 g/mol. The summed E-state index contributed by atoms with van der Waals surface area (Å²) in [5, 5.41) is 5.64. The van der Waals surface area contributed by atoms with Gasteiger partial charge in [0.05, 0.1) is 5.71 Å². The van der Waals surface area contributed by atoms with Crippen LogP contribution in [0.15, 0.2) is 35.3 Å². The molecule has 0 radical (unpaired) electrons. The molecule has 0 saturated heterocycles. The molecular formula is C17H14ClN5O2S. The zero-order valence-electron chi connectivity index (χ0n) is 13.9. The number of rotatable bonds is 3. The number of aliphatic imine (C=N–C) groups is 1. The number of fused-ring (bicyclic) bond motifs is 3. The minimum absolute atomic E-state index is 0.0737. The van der Waals surface area contributed by atoms with E-state index >= 15 is 0 Å². The highest BCUT2D eigenvalue weighted by molar-refractivity contribution is 7.14. The normalized spacial score (nSPS) is 15.8. The Morgan fingerprint density at radius 2 is 2.12 bits per heavy atom. The van der Waals surface area contributed by atoms with Crippen LogP contribution in [0.3, 0.4) is 0 Å². The molecule has 26 heavy (non-hydrogen) atoms. The summed E-state index contributed by atoms with van der Waals surface area (Å²) >= 11 is 7.93. The molecule has 0 bridgehead atoms. The van der Waals surface area contributed by atoms with Gasteiger partial charge in [0.15, 0.2) is 5.82 Å². The smallest absolute Gasteiger partial charge is 0.288 e. The molecule has 4 rings (SSSR count). The second-order valence-electron chi connectivity index (χ2n) is 5.69. The maximum Gasteiger partial charge on any atom is 0.288 e. The SMILES string of the molecule is COC1N=C(c2ccccc2Cl)c2cc(C)sc2-n2nc(C(N)=O)nc21. The quantitative estimate of drug-likeness (QED) is 0.747. The average Bonchev–Trinajstić information content (AvgIpc) is 3.18. The molecule has 1 atom stereocenters. The molecule has 0 spiro atoms. The van der Waals surface area contributed by atoms with Crippen molar-refractivity contribution in [2.75, 3.05) is 7.11 Å². The van der Waals surface area contributed by atoms with Gasteiger partial charge in [-0.15, -0.1) is 16.4 Å². The van der Waals surface area contributed by atoms with Crippen molar-refractivity contribution in [2.45, 2.75) is 13.2 Å². The summed E-state index contributed by atoms with van der Waals surface area (Å²) in [6.07, 6.45) is -0.748. The van der Waals surface area contributed by atoms with Crippen LogP contribution in [0.1, 0.15) is 38.7 Å². The van der Waals surface area contributed by atoms with Crippen LogP contribution in [0.4, 0.5) is 0 Å². The van der Waals surface area contributed by atoms with E-state index in [1.807, 2.05) is 37.3 Å². The van der Waals surface area contributed by atoms with Crippen LogP contribution in [0.25, 0.3) is 5.00 Å². The van der Waals surface area contributed by atoms with Crippen molar-refractivity contribution in [3.8, 4) is 5.00 Å². The molecule has 1 aliphatic heterocycles. The van der Waals surface area contributed by atoms with Crippen LogP contribution in [-0.4, -0.2) is 33.5 Å². The number of nitrogens with zero attached hydrogens (tertiary/aromatic N) is 4. The van der Waals surface area contributed by atoms with Crippen molar-refractivity contribution in [1.82, 2.24) is 14.8 Å². The minimum Gasteiger partial charge on any atom is -0.363 e. The predicted octanol–water partition coefficient (Wildman–Crippen LogP) is 2.89. The van der Waals surface area contributed by atoms with E-state index in [1.165, 1.54) is 18.4 Å². The van der Waals surface area contributed by atoms with Gasteiger partial charge >= 0.3 is 0 Å². The molecule has 132 valence electrons. The van der Waals surface area contributed by atoms with Crippen molar-refractivity contribution < 1.29 is 9.53 Å². The van der Waals surface area contributed by atoms with Gasteiger partial charge in [0, 0.05) is 28.1 Å². The Hall–Kier alpha value is -2.55. The van der Waals surface area contributed by atoms with Gasteiger partial charge in [0.2, 0.25) is 12.1 Å². The molecule has 0 fully saturated rings. The number of aryl methyl sites for hydroxylation is 1. The van der Waals surface area contributed by atoms with Crippen LogP contribution < -0.4 is 5.73 Å². The minimum atomic E-state index is -0.748. The molecular weight excluding hydrogens is 374 g/mol.